The molecule has 0 aliphatic carbocycles. The molecule has 1 rings (SSSR count). The summed E-state index contributed by atoms with van der Waals surface area (Å²) in [5, 5.41) is 18.6. The molecule has 1 aromatic rings. The molecule has 0 radical (unpaired) electrons. The van der Waals surface area contributed by atoms with Crippen molar-refractivity contribution in [2.75, 3.05) is 0 Å². The molecule has 0 saturated heterocycles. The minimum absolute atomic E-state index is 0. The number of carboxylic acid groups (broad SMARTS) is 1. The summed E-state index contributed by atoms with van der Waals surface area (Å²) < 4.78 is 1.25. The van der Waals surface area contributed by atoms with Gasteiger partial charge in [0, 0.05) is 0 Å². The Kier molecular flexibility index (Phi) is 3.93. The van der Waals surface area contributed by atoms with E-state index in [1.54, 1.807) is 0 Å². The van der Waals surface area contributed by atoms with E-state index in [9.17, 15) is 4.79 Å². The standard InChI is InChI=1S/C5H8N4O2.Li.H/c1-3(2)9-4(5(10)11)6-7-8-9;;/h3H,1-2H3,(H,10,11);;/q;+1;-1. The molecule has 62 valence electrons. The Hall–Kier alpha value is -0.863. The fraction of sp³-hybridized carbons (Fsp3) is 0.600. The molecule has 0 amide bonds. The van der Waals surface area contributed by atoms with Crippen molar-refractivity contribution in [3.05, 3.63) is 5.82 Å². The van der Waals surface area contributed by atoms with Crippen LogP contribution in [0.1, 0.15) is 31.9 Å². The third-order valence-electron chi connectivity index (χ3n) is 1.17. The van der Waals surface area contributed by atoms with Crippen molar-refractivity contribution in [1.29, 1.82) is 0 Å². The zero-order valence-corrected chi connectivity index (χ0v) is 7.22. The van der Waals surface area contributed by atoms with Gasteiger partial charge in [-0.3, -0.25) is 0 Å². The van der Waals surface area contributed by atoms with Crippen LogP contribution in [0.15, 0.2) is 0 Å². The van der Waals surface area contributed by atoms with Gasteiger partial charge in [0.2, 0.25) is 0 Å². The minimum atomic E-state index is -1.11. The predicted octanol–water partition coefficient (Wildman–Crippen LogP) is -2.93. The number of carbonyl (C=O) groups is 1. The maximum atomic E-state index is 10.4. The third kappa shape index (κ3) is 2.06. The Balaban J connectivity index is 0. The van der Waals surface area contributed by atoms with Crippen LogP contribution in [0.4, 0.5) is 0 Å². The average Bonchev–Trinajstić information content (AvgIpc) is 2.32. The Morgan fingerprint density at radius 2 is 2.25 bits per heavy atom. The predicted molar refractivity (Wildman–Crippen MR) is 36.3 cm³/mol. The molecule has 6 nitrogen and oxygen atoms in total. The number of hydrogen-bond donors (Lipinski definition) is 1. The molecule has 7 heteroatoms. The maximum absolute atomic E-state index is 10.4. The fourth-order valence-electron chi connectivity index (χ4n) is 0.682. The zero-order chi connectivity index (χ0) is 8.43. The zero-order valence-electron chi connectivity index (χ0n) is 8.22. The number of aromatic nitrogens is 4. The molecule has 1 aromatic heterocycles. The van der Waals surface area contributed by atoms with E-state index >= 15 is 0 Å². The Morgan fingerprint density at radius 1 is 1.67 bits per heavy atom. The van der Waals surface area contributed by atoms with Crippen molar-refractivity contribution in [3.63, 3.8) is 0 Å². The van der Waals surface area contributed by atoms with Crippen LogP contribution in [0.3, 0.4) is 0 Å². The van der Waals surface area contributed by atoms with Gasteiger partial charge < -0.3 is 6.53 Å². The molecule has 0 fully saturated rings. The number of aromatic carboxylic acids is 1. The summed E-state index contributed by atoms with van der Waals surface area (Å²) in [7, 11) is 0. The van der Waals surface area contributed by atoms with Crippen LogP contribution >= 0.6 is 0 Å². The van der Waals surface area contributed by atoms with Gasteiger partial charge in [0.1, 0.15) is 0 Å². The van der Waals surface area contributed by atoms with Gasteiger partial charge in [0.05, 0.1) is 6.04 Å². The summed E-state index contributed by atoms with van der Waals surface area (Å²) in [4.78, 5) is 10.4. The van der Waals surface area contributed by atoms with E-state index in [0.29, 0.717) is 0 Å². The summed E-state index contributed by atoms with van der Waals surface area (Å²) in [6.07, 6.45) is 0. The first-order chi connectivity index (χ1) is 5.13. The Morgan fingerprint density at radius 3 is 2.58 bits per heavy atom. The van der Waals surface area contributed by atoms with E-state index in [1.165, 1.54) is 4.68 Å². The average molecular weight is 164 g/mol. The molecular weight excluding hydrogens is 155 g/mol. The molecule has 0 bridgehead atoms. The second-order valence-electron chi connectivity index (χ2n) is 2.35. The number of hydrogen-bond acceptors (Lipinski definition) is 4. The van der Waals surface area contributed by atoms with Crippen LogP contribution in [0.2, 0.25) is 0 Å². The van der Waals surface area contributed by atoms with Gasteiger partial charge in [-0.15, -0.1) is 5.10 Å². The van der Waals surface area contributed by atoms with E-state index in [2.05, 4.69) is 15.5 Å². The van der Waals surface area contributed by atoms with Crippen molar-refractivity contribution >= 4 is 5.97 Å². The molecule has 0 spiro atoms. The second-order valence-corrected chi connectivity index (χ2v) is 2.35. The molecule has 1 heterocycles. The van der Waals surface area contributed by atoms with Gasteiger partial charge in [-0.2, -0.15) is 0 Å². The van der Waals surface area contributed by atoms with Crippen molar-refractivity contribution < 1.29 is 30.2 Å². The molecule has 0 atom stereocenters. The van der Waals surface area contributed by atoms with Crippen LogP contribution in [0.5, 0.6) is 0 Å². The normalized spacial score (nSPS) is 9.58. The molecular formula is C5H9LiN4O2. The summed E-state index contributed by atoms with van der Waals surface area (Å²) in [5.41, 5.74) is 0. The van der Waals surface area contributed by atoms with Crippen LogP contribution in [-0.4, -0.2) is 31.3 Å². The van der Waals surface area contributed by atoms with Crippen LogP contribution < -0.4 is 18.9 Å². The molecule has 0 saturated carbocycles. The Labute approximate surface area is 82.6 Å². The SMILES string of the molecule is CC(C)n1nnnc1C(=O)O.[H-].[Li+]. The second kappa shape index (κ2) is 4.23. The van der Waals surface area contributed by atoms with Crippen molar-refractivity contribution in [2.24, 2.45) is 0 Å². The number of carboxylic acids is 1. The maximum Gasteiger partial charge on any atom is 1.00 e. The van der Waals surface area contributed by atoms with Gasteiger partial charge in [-0.1, -0.05) is 0 Å². The largest absolute Gasteiger partial charge is 1.00 e. The van der Waals surface area contributed by atoms with Gasteiger partial charge in [-0.25, -0.2) is 9.48 Å². The van der Waals surface area contributed by atoms with E-state index in [-0.39, 0.29) is 32.2 Å². The monoisotopic (exact) mass is 164 g/mol. The Bertz CT molecular complexity index is 277. The van der Waals surface area contributed by atoms with Crippen LogP contribution in [0, 0.1) is 0 Å². The van der Waals surface area contributed by atoms with E-state index < -0.39 is 5.97 Å². The van der Waals surface area contributed by atoms with Gasteiger partial charge >= 0.3 is 24.8 Å². The van der Waals surface area contributed by atoms with E-state index in [4.69, 9.17) is 5.11 Å². The molecule has 0 aliphatic rings. The number of tetrazole rings is 1. The topological polar surface area (TPSA) is 80.9 Å². The minimum Gasteiger partial charge on any atom is -1.00 e. The smallest absolute Gasteiger partial charge is 1.00 e. The molecule has 0 unspecified atom stereocenters. The van der Waals surface area contributed by atoms with Crippen molar-refractivity contribution in [1.82, 2.24) is 20.2 Å². The number of nitrogens with zero attached hydrogens (tertiary/aromatic N) is 4. The summed E-state index contributed by atoms with van der Waals surface area (Å²) in [6, 6.07) is -0.0314. The van der Waals surface area contributed by atoms with Crippen molar-refractivity contribution in [2.45, 2.75) is 19.9 Å². The number of rotatable bonds is 2. The van der Waals surface area contributed by atoms with Crippen molar-refractivity contribution in [3.8, 4) is 0 Å². The third-order valence-corrected chi connectivity index (χ3v) is 1.17. The summed E-state index contributed by atoms with van der Waals surface area (Å²) >= 11 is 0. The first kappa shape index (κ1) is 11.1. The first-order valence-electron chi connectivity index (χ1n) is 3.14. The van der Waals surface area contributed by atoms with E-state index in [0.717, 1.165) is 0 Å². The van der Waals surface area contributed by atoms with E-state index in [1.807, 2.05) is 13.8 Å². The van der Waals surface area contributed by atoms with Crippen LogP contribution in [0.25, 0.3) is 0 Å². The quantitative estimate of drug-likeness (QED) is 0.473. The van der Waals surface area contributed by atoms with Gasteiger partial charge in [0.15, 0.2) is 0 Å². The first-order valence-corrected chi connectivity index (χ1v) is 3.14. The molecule has 1 N–H and O–H groups in total. The van der Waals surface area contributed by atoms with Gasteiger partial charge in [-0.05, 0) is 24.3 Å². The molecule has 0 aromatic carbocycles. The summed E-state index contributed by atoms with van der Waals surface area (Å²) in [5.74, 6) is -1.23. The molecule has 12 heavy (non-hydrogen) atoms. The van der Waals surface area contributed by atoms with Crippen LogP contribution in [-0.2, 0) is 0 Å². The molecule has 0 aliphatic heterocycles. The summed E-state index contributed by atoms with van der Waals surface area (Å²) in [6.45, 7) is 3.62. The fourth-order valence-corrected chi connectivity index (χ4v) is 0.682. The van der Waals surface area contributed by atoms with Gasteiger partial charge in [0.25, 0.3) is 5.82 Å².